The van der Waals surface area contributed by atoms with Crippen molar-refractivity contribution in [2.24, 2.45) is 0 Å². The minimum atomic E-state index is -3.53. The van der Waals surface area contributed by atoms with E-state index < -0.39 is 9.84 Å². The molecule has 1 aliphatic rings. The van der Waals surface area contributed by atoms with Crippen LogP contribution in [0, 0.1) is 6.92 Å². The van der Waals surface area contributed by atoms with Gasteiger partial charge in [0.2, 0.25) is 9.84 Å². The molecular formula is C18H19NO3S. The minimum absolute atomic E-state index is 0.00469. The van der Waals surface area contributed by atoms with E-state index in [1.54, 1.807) is 30.3 Å². The summed E-state index contributed by atoms with van der Waals surface area (Å²) in [5, 5.41) is 4.26. The van der Waals surface area contributed by atoms with Gasteiger partial charge in [-0.3, -0.25) is 0 Å². The second kappa shape index (κ2) is 6.08. The smallest absolute Gasteiger partial charge is 0.205 e. The number of aryl methyl sites for hydroxylation is 1. The van der Waals surface area contributed by atoms with Crippen LogP contribution in [0.5, 0.6) is 0 Å². The summed E-state index contributed by atoms with van der Waals surface area (Å²) in [5.41, 5.74) is 2.20. The monoisotopic (exact) mass is 329 g/mol. The lowest BCUT2D eigenvalue weighted by Gasteiger charge is -2.13. The van der Waals surface area contributed by atoms with Crippen molar-refractivity contribution < 1.29 is 13.2 Å². The van der Waals surface area contributed by atoms with Crippen molar-refractivity contribution in [3.63, 3.8) is 0 Å². The largest absolute Gasteiger partial charge is 0.468 e. The zero-order valence-corrected chi connectivity index (χ0v) is 13.9. The quantitative estimate of drug-likeness (QED) is 0.938. The zero-order chi connectivity index (χ0) is 16.4. The van der Waals surface area contributed by atoms with Crippen molar-refractivity contribution in [3.8, 4) is 0 Å². The SMILES string of the molecule is Cc1ccc([C@H]2OC(=CS(=O)(=O)c3ccccc3)N[C@@H]2C)cc1. The van der Waals surface area contributed by atoms with Crippen molar-refractivity contribution in [2.45, 2.75) is 30.9 Å². The third kappa shape index (κ3) is 3.40. The van der Waals surface area contributed by atoms with Gasteiger partial charge < -0.3 is 10.1 Å². The maximum absolute atomic E-state index is 12.4. The highest BCUT2D eigenvalue weighted by atomic mass is 32.2. The summed E-state index contributed by atoms with van der Waals surface area (Å²) in [6.07, 6.45) is -0.201. The predicted molar refractivity (Wildman–Crippen MR) is 89.3 cm³/mol. The molecule has 5 heteroatoms. The van der Waals surface area contributed by atoms with Gasteiger partial charge in [-0.1, -0.05) is 48.0 Å². The van der Waals surface area contributed by atoms with Gasteiger partial charge in [0.15, 0.2) is 5.88 Å². The molecule has 1 saturated heterocycles. The summed E-state index contributed by atoms with van der Waals surface area (Å²) in [4.78, 5) is 0.254. The zero-order valence-electron chi connectivity index (χ0n) is 13.1. The van der Waals surface area contributed by atoms with Gasteiger partial charge in [-0.05, 0) is 31.5 Å². The fourth-order valence-corrected chi connectivity index (χ4v) is 3.64. The summed E-state index contributed by atoms with van der Waals surface area (Å²) in [6.45, 7) is 4.00. The average molecular weight is 329 g/mol. The van der Waals surface area contributed by atoms with E-state index in [0.29, 0.717) is 0 Å². The molecule has 1 heterocycles. The topological polar surface area (TPSA) is 55.4 Å². The normalized spacial score (nSPS) is 22.6. The molecule has 0 saturated carbocycles. The Morgan fingerprint density at radius 3 is 2.35 bits per heavy atom. The number of benzene rings is 2. The van der Waals surface area contributed by atoms with Crippen LogP contribution in [0.2, 0.25) is 0 Å². The molecule has 4 nitrogen and oxygen atoms in total. The predicted octanol–water partition coefficient (Wildman–Crippen LogP) is 3.32. The molecule has 23 heavy (non-hydrogen) atoms. The summed E-state index contributed by atoms with van der Waals surface area (Å²) in [5.74, 6) is 0.284. The van der Waals surface area contributed by atoms with E-state index in [-0.39, 0.29) is 22.9 Å². The first-order chi connectivity index (χ1) is 11.0. The molecule has 3 rings (SSSR count). The summed E-state index contributed by atoms with van der Waals surface area (Å²) >= 11 is 0. The van der Waals surface area contributed by atoms with E-state index in [1.165, 1.54) is 5.56 Å². The standard InChI is InChI=1S/C18H19NO3S/c1-13-8-10-15(11-9-13)18-14(2)19-17(22-18)12-23(20,21)16-6-4-3-5-7-16/h3-12,14,18-19H,1-2H3/t14-,18+/m1/s1. The van der Waals surface area contributed by atoms with Crippen LogP contribution in [0.15, 0.2) is 70.8 Å². The molecule has 0 aliphatic carbocycles. The molecule has 0 aromatic heterocycles. The Morgan fingerprint density at radius 1 is 1.04 bits per heavy atom. The Bertz CT molecular complexity index is 811. The Hall–Kier alpha value is -2.27. The van der Waals surface area contributed by atoms with Crippen molar-refractivity contribution in [3.05, 3.63) is 77.0 Å². The molecule has 0 bridgehead atoms. The van der Waals surface area contributed by atoms with Crippen LogP contribution >= 0.6 is 0 Å². The lowest BCUT2D eigenvalue weighted by molar-refractivity contribution is 0.155. The summed E-state index contributed by atoms with van der Waals surface area (Å²) < 4.78 is 30.6. The molecule has 0 unspecified atom stereocenters. The van der Waals surface area contributed by atoms with E-state index in [1.807, 2.05) is 38.1 Å². The first-order valence-corrected chi connectivity index (χ1v) is 9.02. The lowest BCUT2D eigenvalue weighted by atomic mass is 10.0. The van der Waals surface area contributed by atoms with Crippen LogP contribution in [0.25, 0.3) is 0 Å². The number of ether oxygens (including phenoxy) is 1. The number of sulfone groups is 1. The second-order valence-electron chi connectivity index (χ2n) is 5.72. The maximum Gasteiger partial charge on any atom is 0.205 e. The van der Waals surface area contributed by atoms with Gasteiger partial charge >= 0.3 is 0 Å². The van der Waals surface area contributed by atoms with Crippen LogP contribution in [0.3, 0.4) is 0 Å². The Labute approximate surface area is 136 Å². The van der Waals surface area contributed by atoms with Crippen LogP contribution in [0.1, 0.15) is 24.2 Å². The van der Waals surface area contributed by atoms with Gasteiger partial charge in [0.1, 0.15) is 6.10 Å². The van der Waals surface area contributed by atoms with Crippen molar-refractivity contribution in [1.82, 2.24) is 5.32 Å². The fourth-order valence-electron chi connectivity index (χ4n) is 2.57. The Kier molecular flexibility index (Phi) is 4.13. The van der Waals surface area contributed by atoms with Crippen molar-refractivity contribution in [2.75, 3.05) is 0 Å². The highest BCUT2D eigenvalue weighted by molar-refractivity contribution is 7.94. The van der Waals surface area contributed by atoms with Gasteiger partial charge in [-0.15, -0.1) is 0 Å². The van der Waals surface area contributed by atoms with Crippen LogP contribution in [0.4, 0.5) is 0 Å². The van der Waals surface area contributed by atoms with Gasteiger partial charge in [0.25, 0.3) is 0 Å². The minimum Gasteiger partial charge on any atom is -0.468 e. The second-order valence-corrected chi connectivity index (χ2v) is 7.52. The Morgan fingerprint density at radius 2 is 1.70 bits per heavy atom. The molecule has 0 radical (unpaired) electrons. The van der Waals surface area contributed by atoms with Crippen LogP contribution in [-0.4, -0.2) is 14.5 Å². The third-order valence-electron chi connectivity index (χ3n) is 3.82. The first kappa shape index (κ1) is 15.6. The van der Waals surface area contributed by atoms with Gasteiger partial charge in [0, 0.05) is 0 Å². The number of hydrogen-bond acceptors (Lipinski definition) is 4. The van der Waals surface area contributed by atoms with E-state index in [9.17, 15) is 8.42 Å². The summed E-state index contributed by atoms with van der Waals surface area (Å²) in [6, 6.07) is 16.4. The molecule has 2 aromatic carbocycles. The molecule has 1 N–H and O–H groups in total. The summed E-state index contributed by atoms with van der Waals surface area (Å²) in [7, 11) is -3.53. The molecule has 120 valence electrons. The van der Waals surface area contributed by atoms with Gasteiger partial charge in [0.05, 0.1) is 16.3 Å². The third-order valence-corrected chi connectivity index (χ3v) is 5.27. The van der Waals surface area contributed by atoms with E-state index in [4.69, 9.17) is 4.74 Å². The highest BCUT2D eigenvalue weighted by Gasteiger charge is 2.30. The molecule has 2 atom stereocenters. The van der Waals surface area contributed by atoms with Gasteiger partial charge in [-0.25, -0.2) is 8.42 Å². The van der Waals surface area contributed by atoms with Gasteiger partial charge in [-0.2, -0.15) is 0 Å². The molecule has 1 fully saturated rings. The molecule has 2 aromatic rings. The van der Waals surface area contributed by atoms with Crippen molar-refractivity contribution in [1.29, 1.82) is 0 Å². The van der Waals surface area contributed by atoms with E-state index in [2.05, 4.69) is 5.32 Å². The van der Waals surface area contributed by atoms with Crippen LogP contribution < -0.4 is 5.32 Å². The van der Waals surface area contributed by atoms with Crippen LogP contribution in [-0.2, 0) is 14.6 Å². The van der Waals surface area contributed by atoms with E-state index >= 15 is 0 Å². The number of nitrogens with one attached hydrogen (secondary N) is 1. The average Bonchev–Trinajstić information content (AvgIpc) is 2.89. The number of hydrogen-bond donors (Lipinski definition) is 1. The molecular weight excluding hydrogens is 310 g/mol. The number of rotatable bonds is 3. The first-order valence-electron chi connectivity index (χ1n) is 7.47. The Balaban J connectivity index is 1.84. The van der Waals surface area contributed by atoms with Crippen molar-refractivity contribution >= 4 is 9.84 Å². The molecule has 0 amide bonds. The molecule has 1 aliphatic heterocycles. The maximum atomic E-state index is 12.4. The fraction of sp³-hybridized carbons (Fsp3) is 0.222. The highest BCUT2D eigenvalue weighted by Crippen LogP contribution is 2.30. The molecule has 0 spiro atoms. The van der Waals surface area contributed by atoms with E-state index in [0.717, 1.165) is 11.0 Å². The lowest BCUT2D eigenvalue weighted by Crippen LogP contribution is -2.21.